The van der Waals surface area contributed by atoms with E-state index < -0.39 is 5.60 Å². The highest BCUT2D eigenvalue weighted by atomic mass is 16.3. The first-order valence-corrected chi connectivity index (χ1v) is 6.44. The molecular weight excluding hydrogens is 224 g/mol. The van der Waals surface area contributed by atoms with Gasteiger partial charge in [-0.05, 0) is 44.1 Å². The first kappa shape index (κ1) is 11.6. The lowest BCUT2D eigenvalue weighted by atomic mass is 9.84. The second kappa shape index (κ2) is 4.34. The van der Waals surface area contributed by atoms with Gasteiger partial charge >= 0.3 is 0 Å². The molecule has 0 spiro atoms. The zero-order valence-corrected chi connectivity index (χ0v) is 10.6. The van der Waals surface area contributed by atoms with Gasteiger partial charge in [0, 0.05) is 18.1 Å². The van der Waals surface area contributed by atoms with Crippen molar-refractivity contribution in [3.05, 3.63) is 42.1 Å². The Kier molecular flexibility index (Phi) is 2.80. The summed E-state index contributed by atoms with van der Waals surface area (Å²) in [5, 5.41) is 12.0. The number of fused-ring (bicyclic) bond motifs is 1. The molecular formula is C15H18N2O. The van der Waals surface area contributed by atoms with E-state index in [1.807, 2.05) is 30.3 Å². The minimum atomic E-state index is -0.741. The van der Waals surface area contributed by atoms with Gasteiger partial charge in [-0.1, -0.05) is 18.2 Å². The van der Waals surface area contributed by atoms with Gasteiger partial charge in [0.15, 0.2) is 0 Å². The predicted octanol–water partition coefficient (Wildman–Crippen LogP) is 2.15. The van der Waals surface area contributed by atoms with Crippen LogP contribution in [0.1, 0.15) is 18.4 Å². The average Bonchev–Trinajstić information content (AvgIpc) is 2.38. The van der Waals surface area contributed by atoms with Gasteiger partial charge in [0.05, 0.1) is 5.52 Å². The van der Waals surface area contributed by atoms with Crippen LogP contribution < -0.4 is 0 Å². The Morgan fingerprint density at radius 2 is 2.17 bits per heavy atom. The normalized spacial score (nSPS) is 25.4. The molecule has 1 aromatic carbocycles. The third kappa shape index (κ3) is 1.89. The zero-order chi connectivity index (χ0) is 12.6. The van der Waals surface area contributed by atoms with Crippen LogP contribution in [0.3, 0.4) is 0 Å². The fourth-order valence-electron chi connectivity index (χ4n) is 2.98. The van der Waals surface area contributed by atoms with Gasteiger partial charge in [0.1, 0.15) is 5.60 Å². The molecule has 0 saturated carbocycles. The molecule has 3 rings (SSSR count). The molecule has 2 heterocycles. The lowest BCUT2D eigenvalue weighted by Crippen LogP contribution is -2.44. The Hall–Kier alpha value is -1.45. The van der Waals surface area contributed by atoms with Crippen LogP contribution >= 0.6 is 0 Å². The summed E-state index contributed by atoms with van der Waals surface area (Å²) in [6.45, 7) is 1.76. The van der Waals surface area contributed by atoms with Gasteiger partial charge < -0.3 is 10.0 Å². The van der Waals surface area contributed by atoms with Crippen molar-refractivity contribution in [2.45, 2.75) is 18.4 Å². The van der Waals surface area contributed by atoms with Gasteiger partial charge in [0.2, 0.25) is 0 Å². The summed E-state index contributed by atoms with van der Waals surface area (Å²) in [5.41, 5.74) is 1.23. The standard InChI is InChI=1S/C15H18N2O/c1-17-10-4-8-15(18,11-17)13-6-2-7-14-12(13)5-3-9-16-14/h2-3,5-7,9,18H,4,8,10-11H2,1H3. The first-order valence-electron chi connectivity index (χ1n) is 6.44. The fraction of sp³-hybridized carbons (Fsp3) is 0.400. The Morgan fingerprint density at radius 1 is 1.28 bits per heavy atom. The summed E-state index contributed by atoms with van der Waals surface area (Å²) in [7, 11) is 2.06. The molecule has 1 saturated heterocycles. The van der Waals surface area contributed by atoms with Crippen molar-refractivity contribution in [1.82, 2.24) is 9.88 Å². The molecule has 0 radical (unpaired) electrons. The Morgan fingerprint density at radius 3 is 3.00 bits per heavy atom. The van der Waals surface area contributed by atoms with Crippen molar-refractivity contribution in [1.29, 1.82) is 0 Å². The molecule has 1 aromatic heterocycles. The molecule has 3 nitrogen and oxygen atoms in total. The van der Waals surface area contributed by atoms with Gasteiger partial charge in [-0.2, -0.15) is 0 Å². The largest absolute Gasteiger partial charge is 0.384 e. The molecule has 18 heavy (non-hydrogen) atoms. The average molecular weight is 242 g/mol. The number of benzene rings is 1. The topological polar surface area (TPSA) is 36.4 Å². The van der Waals surface area contributed by atoms with Crippen LogP contribution in [0, 0.1) is 0 Å². The Balaban J connectivity index is 2.13. The third-order valence-corrected chi connectivity index (χ3v) is 3.81. The van der Waals surface area contributed by atoms with Crippen molar-refractivity contribution in [3.63, 3.8) is 0 Å². The van der Waals surface area contributed by atoms with Gasteiger partial charge in [-0.25, -0.2) is 0 Å². The van der Waals surface area contributed by atoms with Crippen LogP contribution in [-0.4, -0.2) is 35.1 Å². The van der Waals surface area contributed by atoms with Gasteiger partial charge in [-0.15, -0.1) is 0 Å². The SMILES string of the molecule is CN1CCCC(O)(c2cccc3ncccc23)C1. The van der Waals surface area contributed by atoms with Crippen LogP contribution in [0.5, 0.6) is 0 Å². The lowest BCUT2D eigenvalue weighted by Gasteiger charge is -2.38. The maximum atomic E-state index is 10.9. The number of hydrogen-bond donors (Lipinski definition) is 1. The monoisotopic (exact) mass is 242 g/mol. The summed E-state index contributed by atoms with van der Waals surface area (Å²) in [4.78, 5) is 6.56. The first-order chi connectivity index (χ1) is 8.69. The molecule has 0 aliphatic carbocycles. The molecule has 1 aliphatic rings. The van der Waals surface area contributed by atoms with Crippen molar-refractivity contribution in [2.24, 2.45) is 0 Å². The highest BCUT2D eigenvalue weighted by molar-refractivity contribution is 5.82. The molecule has 94 valence electrons. The number of likely N-dealkylation sites (N-methyl/N-ethyl adjacent to an activating group) is 1. The minimum absolute atomic E-state index is 0.695. The molecule has 1 N–H and O–H groups in total. The summed E-state index contributed by atoms with van der Waals surface area (Å²) >= 11 is 0. The van der Waals surface area contributed by atoms with E-state index in [-0.39, 0.29) is 0 Å². The lowest BCUT2D eigenvalue weighted by molar-refractivity contribution is -0.0265. The zero-order valence-electron chi connectivity index (χ0n) is 10.6. The van der Waals surface area contributed by atoms with E-state index >= 15 is 0 Å². The number of nitrogens with zero attached hydrogens (tertiary/aromatic N) is 2. The van der Waals surface area contributed by atoms with E-state index in [0.29, 0.717) is 6.54 Å². The molecule has 1 atom stereocenters. The number of rotatable bonds is 1. The second-order valence-electron chi connectivity index (χ2n) is 5.25. The maximum Gasteiger partial charge on any atom is 0.103 e. The number of β-amino-alcohol motifs (C(OH)–C–C–N with tert-alkyl or cyclic N) is 1. The van der Waals surface area contributed by atoms with Crippen LogP contribution in [0.15, 0.2) is 36.5 Å². The van der Waals surface area contributed by atoms with E-state index in [4.69, 9.17) is 0 Å². The fourth-order valence-corrected chi connectivity index (χ4v) is 2.98. The van der Waals surface area contributed by atoms with Gasteiger partial charge in [-0.3, -0.25) is 4.98 Å². The number of hydrogen-bond acceptors (Lipinski definition) is 3. The number of likely N-dealkylation sites (tertiary alicyclic amines) is 1. The highest BCUT2D eigenvalue weighted by Crippen LogP contribution is 2.34. The smallest absolute Gasteiger partial charge is 0.103 e. The van der Waals surface area contributed by atoms with Crippen LogP contribution in [-0.2, 0) is 5.60 Å². The van der Waals surface area contributed by atoms with E-state index in [2.05, 4.69) is 16.9 Å². The van der Waals surface area contributed by atoms with Crippen LogP contribution in [0.25, 0.3) is 10.9 Å². The van der Waals surface area contributed by atoms with Crippen molar-refractivity contribution in [3.8, 4) is 0 Å². The summed E-state index contributed by atoms with van der Waals surface area (Å²) in [5.74, 6) is 0. The van der Waals surface area contributed by atoms with Gasteiger partial charge in [0.25, 0.3) is 0 Å². The molecule has 2 aromatic rings. The van der Waals surface area contributed by atoms with Crippen LogP contribution in [0.2, 0.25) is 0 Å². The summed E-state index contributed by atoms with van der Waals surface area (Å²) < 4.78 is 0. The minimum Gasteiger partial charge on any atom is -0.384 e. The van der Waals surface area contributed by atoms with E-state index in [0.717, 1.165) is 35.9 Å². The molecule has 3 heteroatoms. The van der Waals surface area contributed by atoms with Crippen molar-refractivity contribution < 1.29 is 5.11 Å². The number of aromatic nitrogens is 1. The Labute approximate surface area is 107 Å². The summed E-state index contributed by atoms with van der Waals surface area (Å²) in [6.07, 6.45) is 3.65. The van der Waals surface area contributed by atoms with E-state index in [1.54, 1.807) is 6.20 Å². The molecule has 0 bridgehead atoms. The second-order valence-corrected chi connectivity index (χ2v) is 5.25. The predicted molar refractivity (Wildman–Crippen MR) is 72.4 cm³/mol. The number of pyridine rings is 1. The molecule has 1 fully saturated rings. The number of piperidine rings is 1. The molecule has 0 amide bonds. The Bertz CT molecular complexity index is 564. The van der Waals surface area contributed by atoms with Crippen LogP contribution in [0.4, 0.5) is 0 Å². The maximum absolute atomic E-state index is 10.9. The van der Waals surface area contributed by atoms with Crippen molar-refractivity contribution >= 4 is 10.9 Å². The highest BCUT2D eigenvalue weighted by Gasteiger charge is 2.34. The molecule has 1 aliphatic heterocycles. The molecule has 1 unspecified atom stereocenters. The van der Waals surface area contributed by atoms with E-state index in [1.165, 1.54) is 0 Å². The third-order valence-electron chi connectivity index (χ3n) is 3.81. The van der Waals surface area contributed by atoms with E-state index in [9.17, 15) is 5.11 Å². The number of aliphatic hydroxyl groups is 1. The summed E-state index contributed by atoms with van der Waals surface area (Å²) in [6, 6.07) is 9.99. The van der Waals surface area contributed by atoms with Crippen molar-refractivity contribution in [2.75, 3.05) is 20.1 Å². The quantitative estimate of drug-likeness (QED) is 0.832.